The highest BCUT2D eigenvalue weighted by Crippen LogP contribution is 2.31. The zero-order valence-electron chi connectivity index (χ0n) is 14.6. The maximum Gasteiger partial charge on any atom is 0.223 e. The van der Waals surface area contributed by atoms with E-state index < -0.39 is 35.8 Å². The summed E-state index contributed by atoms with van der Waals surface area (Å²) in [7, 11) is 0. The Labute approximate surface area is 164 Å². The third-order valence-corrected chi connectivity index (χ3v) is 4.89. The first kappa shape index (κ1) is 20.4. The molecule has 1 aliphatic rings. The Morgan fingerprint density at radius 2 is 1.82 bits per heavy atom. The van der Waals surface area contributed by atoms with Crippen molar-refractivity contribution in [2.75, 3.05) is 17.7 Å². The van der Waals surface area contributed by atoms with E-state index in [2.05, 4.69) is 15.3 Å². The number of rotatable bonds is 5. The van der Waals surface area contributed by atoms with E-state index in [-0.39, 0.29) is 34.7 Å². The number of nitrogens with one attached hydrogen (secondary N) is 1. The van der Waals surface area contributed by atoms with E-state index in [4.69, 9.17) is 17.3 Å². The molecule has 1 aromatic carbocycles. The summed E-state index contributed by atoms with van der Waals surface area (Å²) in [4.78, 5) is 7.93. The van der Waals surface area contributed by atoms with Crippen molar-refractivity contribution in [3.63, 3.8) is 0 Å². The summed E-state index contributed by atoms with van der Waals surface area (Å²) in [6.45, 7) is -0.277. The monoisotopic (exact) mass is 412 g/mol. The average molecular weight is 413 g/mol. The number of aliphatic hydroxyl groups is 3. The highest BCUT2D eigenvalue weighted by Gasteiger charge is 2.41. The Morgan fingerprint density at radius 1 is 1.14 bits per heavy atom. The minimum atomic E-state index is -1.14. The molecule has 2 aromatic rings. The van der Waals surface area contributed by atoms with Gasteiger partial charge >= 0.3 is 0 Å². The molecular weight excluding hydrogens is 394 g/mol. The van der Waals surface area contributed by atoms with Crippen LogP contribution in [0.3, 0.4) is 0 Å². The minimum Gasteiger partial charge on any atom is -0.396 e. The standard InChI is InChI=1S/C18H19ClF2N4O3/c19-16-12(2-1-8-3-10(20)6-11(21)4-8)17(25-18(22)24-16)23-13-5-9(7-26)14(27)15(13)28/h1-4,6,9,13-15,26-28H,5,7H2,(H3,22,23,24,25)/t9-,13-,14-,15+/m1/s1. The normalized spacial score (nSPS) is 24.8. The van der Waals surface area contributed by atoms with Crippen molar-refractivity contribution in [2.24, 2.45) is 5.92 Å². The summed E-state index contributed by atoms with van der Waals surface area (Å²) in [6, 6.07) is 2.42. The van der Waals surface area contributed by atoms with Gasteiger partial charge in [0.1, 0.15) is 28.7 Å². The molecule has 4 atom stereocenters. The van der Waals surface area contributed by atoms with E-state index in [1.54, 1.807) is 0 Å². The Kier molecular flexibility index (Phi) is 6.09. The van der Waals surface area contributed by atoms with Crippen molar-refractivity contribution in [3.8, 4) is 0 Å². The number of halogens is 3. The quantitative estimate of drug-likeness (QED) is 0.473. The van der Waals surface area contributed by atoms with Gasteiger partial charge in [-0.2, -0.15) is 4.98 Å². The van der Waals surface area contributed by atoms with Gasteiger partial charge in [-0.15, -0.1) is 0 Å². The molecule has 3 rings (SSSR count). The number of anilines is 2. The Bertz CT molecular complexity index is 879. The van der Waals surface area contributed by atoms with Crippen LogP contribution in [0.1, 0.15) is 17.5 Å². The van der Waals surface area contributed by atoms with Crippen LogP contribution in [0.2, 0.25) is 5.15 Å². The summed E-state index contributed by atoms with van der Waals surface area (Å²) in [5, 5.41) is 32.4. The Hall–Kier alpha value is -2.33. The number of aromatic nitrogens is 2. The number of hydrogen-bond acceptors (Lipinski definition) is 7. The predicted octanol–water partition coefficient (Wildman–Crippen LogP) is 1.68. The Balaban J connectivity index is 1.91. The molecule has 7 nitrogen and oxygen atoms in total. The number of benzene rings is 1. The zero-order chi connectivity index (χ0) is 20.4. The van der Waals surface area contributed by atoms with Crippen LogP contribution < -0.4 is 11.1 Å². The molecule has 1 aliphatic carbocycles. The van der Waals surface area contributed by atoms with Crippen molar-refractivity contribution in [3.05, 3.63) is 46.1 Å². The van der Waals surface area contributed by atoms with Gasteiger partial charge < -0.3 is 26.4 Å². The lowest BCUT2D eigenvalue weighted by Crippen LogP contribution is -2.35. The van der Waals surface area contributed by atoms with Crippen LogP contribution in [-0.2, 0) is 0 Å². The van der Waals surface area contributed by atoms with Crippen molar-refractivity contribution in [1.29, 1.82) is 0 Å². The van der Waals surface area contributed by atoms with E-state index in [0.717, 1.165) is 18.2 Å². The van der Waals surface area contributed by atoms with Crippen molar-refractivity contribution in [2.45, 2.75) is 24.7 Å². The lowest BCUT2D eigenvalue weighted by Gasteiger charge is -2.20. The van der Waals surface area contributed by atoms with Gasteiger partial charge in [0.15, 0.2) is 0 Å². The molecule has 1 saturated carbocycles. The topological polar surface area (TPSA) is 125 Å². The molecule has 0 unspecified atom stereocenters. The van der Waals surface area contributed by atoms with Crippen molar-refractivity contribution >= 4 is 35.5 Å². The fourth-order valence-electron chi connectivity index (χ4n) is 3.19. The first-order chi connectivity index (χ1) is 13.3. The van der Waals surface area contributed by atoms with E-state index in [9.17, 15) is 24.1 Å². The minimum absolute atomic E-state index is 0.00475. The Morgan fingerprint density at radius 3 is 2.43 bits per heavy atom. The largest absolute Gasteiger partial charge is 0.396 e. The number of aliphatic hydroxyl groups excluding tert-OH is 3. The molecular formula is C18H19ClF2N4O3. The first-order valence-corrected chi connectivity index (χ1v) is 8.87. The van der Waals surface area contributed by atoms with Crippen LogP contribution in [0.4, 0.5) is 20.5 Å². The molecule has 1 aromatic heterocycles. The summed E-state index contributed by atoms with van der Waals surface area (Å²) >= 11 is 6.15. The third-order valence-electron chi connectivity index (χ3n) is 4.60. The van der Waals surface area contributed by atoms with Gasteiger partial charge in [-0.25, -0.2) is 13.8 Å². The molecule has 1 fully saturated rings. The zero-order valence-corrected chi connectivity index (χ0v) is 15.3. The summed E-state index contributed by atoms with van der Waals surface area (Å²) < 4.78 is 26.7. The smallest absolute Gasteiger partial charge is 0.223 e. The maximum absolute atomic E-state index is 13.4. The molecule has 1 heterocycles. The van der Waals surface area contributed by atoms with Crippen LogP contribution >= 0.6 is 11.6 Å². The highest BCUT2D eigenvalue weighted by molar-refractivity contribution is 6.31. The molecule has 0 amide bonds. The van der Waals surface area contributed by atoms with Gasteiger partial charge in [-0.1, -0.05) is 17.7 Å². The van der Waals surface area contributed by atoms with E-state index in [1.165, 1.54) is 12.2 Å². The van der Waals surface area contributed by atoms with E-state index in [1.807, 2.05) is 0 Å². The van der Waals surface area contributed by atoms with Crippen molar-refractivity contribution in [1.82, 2.24) is 9.97 Å². The number of nitrogen functional groups attached to an aromatic ring is 1. The number of nitrogens with two attached hydrogens (primary N) is 1. The van der Waals surface area contributed by atoms with Crippen LogP contribution in [0.15, 0.2) is 18.2 Å². The molecule has 0 saturated heterocycles. The molecule has 28 heavy (non-hydrogen) atoms. The molecule has 0 spiro atoms. The molecule has 0 bridgehead atoms. The maximum atomic E-state index is 13.4. The second-order valence-electron chi connectivity index (χ2n) is 6.58. The van der Waals surface area contributed by atoms with E-state index >= 15 is 0 Å². The molecule has 6 N–H and O–H groups in total. The van der Waals surface area contributed by atoms with Crippen LogP contribution in [0.25, 0.3) is 12.2 Å². The van der Waals surface area contributed by atoms with Gasteiger partial charge in [0.2, 0.25) is 5.95 Å². The van der Waals surface area contributed by atoms with Gasteiger partial charge in [-0.3, -0.25) is 0 Å². The lowest BCUT2D eigenvalue weighted by atomic mass is 10.1. The van der Waals surface area contributed by atoms with E-state index in [0.29, 0.717) is 6.42 Å². The van der Waals surface area contributed by atoms with Gasteiger partial charge in [0.05, 0.1) is 17.7 Å². The second kappa shape index (κ2) is 8.36. The van der Waals surface area contributed by atoms with Gasteiger partial charge in [0.25, 0.3) is 0 Å². The van der Waals surface area contributed by atoms with Gasteiger partial charge in [-0.05, 0) is 30.2 Å². The summed E-state index contributed by atoms with van der Waals surface area (Å²) in [5.41, 5.74) is 6.19. The lowest BCUT2D eigenvalue weighted by molar-refractivity contribution is 0.00445. The van der Waals surface area contributed by atoms with Crippen LogP contribution in [0.5, 0.6) is 0 Å². The first-order valence-electron chi connectivity index (χ1n) is 8.49. The van der Waals surface area contributed by atoms with Gasteiger partial charge in [0, 0.05) is 18.6 Å². The number of nitrogens with zero attached hydrogens (tertiary/aromatic N) is 2. The predicted molar refractivity (Wildman–Crippen MR) is 101 cm³/mol. The third kappa shape index (κ3) is 4.39. The fraction of sp³-hybridized carbons (Fsp3) is 0.333. The van der Waals surface area contributed by atoms with Crippen LogP contribution in [0, 0.1) is 17.6 Å². The summed E-state index contributed by atoms with van der Waals surface area (Å²) in [5.74, 6) is -1.88. The van der Waals surface area contributed by atoms with Crippen molar-refractivity contribution < 1.29 is 24.1 Å². The molecule has 150 valence electrons. The molecule has 0 radical (unpaired) electrons. The summed E-state index contributed by atoms with van der Waals surface area (Å²) in [6.07, 6.45) is 0.944. The SMILES string of the molecule is Nc1nc(Cl)c(C=Cc2cc(F)cc(F)c2)c(N[C@@H]2C[C@H](CO)[C@@H](O)[C@H]2O)n1. The molecule has 10 heteroatoms. The number of hydrogen-bond donors (Lipinski definition) is 5. The fourth-order valence-corrected chi connectivity index (χ4v) is 3.43. The average Bonchev–Trinajstić information content (AvgIpc) is 2.88. The second-order valence-corrected chi connectivity index (χ2v) is 6.94. The molecule has 0 aliphatic heterocycles. The van der Waals surface area contributed by atoms with Crippen LogP contribution in [-0.4, -0.2) is 50.1 Å². The highest BCUT2D eigenvalue weighted by atomic mass is 35.5.